The summed E-state index contributed by atoms with van der Waals surface area (Å²) in [6.45, 7) is 3.70. The zero-order valence-electron chi connectivity index (χ0n) is 12.5. The van der Waals surface area contributed by atoms with Crippen molar-refractivity contribution < 1.29 is 31.8 Å². The summed E-state index contributed by atoms with van der Waals surface area (Å²) in [5, 5.41) is 9.69. The van der Waals surface area contributed by atoms with Gasteiger partial charge in [0.15, 0.2) is 0 Å². The van der Waals surface area contributed by atoms with E-state index in [1.54, 1.807) is 0 Å². The van der Waals surface area contributed by atoms with Crippen LogP contribution in [0.4, 0.5) is 22.0 Å². The van der Waals surface area contributed by atoms with Crippen molar-refractivity contribution >= 4 is 0 Å². The lowest BCUT2D eigenvalue weighted by molar-refractivity contribution is -0.0971. The Bertz CT molecular complexity index is 668. The number of hydrogen-bond donors (Lipinski definition) is 1. The Balaban J connectivity index is 2.35. The van der Waals surface area contributed by atoms with Gasteiger partial charge in [0, 0.05) is 30.2 Å². The second-order valence-electron chi connectivity index (χ2n) is 5.43. The molecule has 1 aliphatic carbocycles. The Kier molecular flexibility index (Phi) is 5.43. The Morgan fingerprint density at radius 3 is 2.29 bits per heavy atom. The molecular formula is C17H15F5O2. The normalized spacial score (nSPS) is 24.1. The molecule has 0 amide bonds. The van der Waals surface area contributed by atoms with E-state index in [4.69, 9.17) is 4.74 Å². The number of halogens is 5. The summed E-state index contributed by atoms with van der Waals surface area (Å²) in [7, 11) is 0. The molecule has 0 saturated heterocycles. The molecule has 130 valence electrons. The fraction of sp³-hybridized carbons (Fsp3) is 0.294. The molecule has 1 aromatic rings. The lowest BCUT2D eigenvalue weighted by Crippen LogP contribution is -2.18. The third-order valence-corrected chi connectivity index (χ3v) is 3.45. The van der Waals surface area contributed by atoms with Crippen molar-refractivity contribution in [1.82, 2.24) is 0 Å². The van der Waals surface area contributed by atoms with Gasteiger partial charge in [0.2, 0.25) is 0 Å². The van der Waals surface area contributed by atoms with Crippen LogP contribution in [0.15, 0.2) is 53.8 Å². The highest BCUT2D eigenvalue weighted by molar-refractivity contribution is 5.35. The van der Waals surface area contributed by atoms with Gasteiger partial charge in [-0.25, -0.2) is 8.78 Å². The van der Waals surface area contributed by atoms with Crippen LogP contribution in [0.25, 0.3) is 0 Å². The molecule has 0 spiro atoms. The van der Waals surface area contributed by atoms with E-state index in [1.165, 1.54) is 0 Å². The highest BCUT2D eigenvalue weighted by Gasteiger charge is 2.34. The van der Waals surface area contributed by atoms with Crippen molar-refractivity contribution in [3.8, 4) is 5.75 Å². The first-order valence-corrected chi connectivity index (χ1v) is 7.13. The second kappa shape index (κ2) is 7.17. The lowest BCUT2D eigenvalue weighted by Gasteiger charge is -2.15. The summed E-state index contributed by atoms with van der Waals surface area (Å²) in [5.74, 6) is -1.99. The second-order valence-corrected chi connectivity index (χ2v) is 5.43. The Labute approximate surface area is 135 Å². The van der Waals surface area contributed by atoms with Crippen molar-refractivity contribution in [3.63, 3.8) is 0 Å². The van der Waals surface area contributed by atoms with E-state index in [0.717, 1.165) is 24.3 Å². The van der Waals surface area contributed by atoms with Crippen molar-refractivity contribution in [3.05, 3.63) is 65.5 Å². The molecular weight excluding hydrogens is 331 g/mol. The third-order valence-electron chi connectivity index (χ3n) is 3.45. The highest BCUT2D eigenvalue weighted by Crippen LogP contribution is 2.32. The van der Waals surface area contributed by atoms with Crippen molar-refractivity contribution in [2.24, 2.45) is 0 Å². The number of ether oxygens (including phenoxy) is 1. The topological polar surface area (TPSA) is 29.5 Å². The zero-order valence-corrected chi connectivity index (χ0v) is 12.5. The summed E-state index contributed by atoms with van der Waals surface area (Å²) >= 11 is 0. The van der Waals surface area contributed by atoms with Gasteiger partial charge in [-0.1, -0.05) is 12.7 Å². The number of allylic oxidation sites excluding steroid dienone is 3. The Morgan fingerprint density at radius 1 is 1.08 bits per heavy atom. The number of benzene rings is 1. The number of aliphatic hydroxyl groups excluding tert-OH is 1. The molecule has 2 rings (SSSR count). The number of aliphatic hydroxyl groups is 1. The number of rotatable bonds is 2. The molecule has 0 bridgehead atoms. The monoisotopic (exact) mass is 346 g/mol. The van der Waals surface area contributed by atoms with Crippen LogP contribution in [0.3, 0.4) is 0 Å². The largest absolute Gasteiger partial charge is 0.457 e. The predicted octanol–water partition coefficient (Wildman–Crippen LogP) is 4.82. The van der Waals surface area contributed by atoms with Gasteiger partial charge in [0.25, 0.3) is 0 Å². The minimum absolute atomic E-state index is 0.0455. The Morgan fingerprint density at radius 2 is 1.71 bits per heavy atom. The van der Waals surface area contributed by atoms with Crippen LogP contribution in [0, 0.1) is 11.6 Å². The number of hydrogen-bond acceptors (Lipinski definition) is 2. The summed E-state index contributed by atoms with van der Waals surface area (Å²) < 4.78 is 70.6. The predicted molar refractivity (Wildman–Crippen MR) is 78.2 cm³/mol. The fourth-order valence-electron chi connectivity index (χ4n) is 2.21. The van der Waals surface area contributed by atoms with E-state index >= 15 is 0 Å². The van der Waals surface area contributed by atoms with Gasteiger partial charge in [-0.05, 0) is 24.5 Å². The summed E-state index contributed by atoms with van der Waals surface area (Å²) in [6, 6.07) is 2.47. The maximum atomic E-state index is 13.2. The van der Waals surface area contributed by atoms with Crippen molar-refractivity contribution in [2.75, 3.05) is 0 Å². The van der Waals surface area contributed by atoms with Gasteiger partial charge < -0.3 is 9.84 Å². The van der Waals surface area contributed by atoms with E-state index in [0.29, 0.717) is 11.6 Å². The van der Waals surface area contributed by atoms with Crippen LogP contribution < -0.4 is 4.74 Å². The van der Waals surface area contributed by atoms with Crippen LogP contribution in [0.2, 0.25) is 0 Å². The van der Waals surface area contributed by atoms with Gasteiger partial charge in [-0.15, -0.1) is 0 Å². The van der Waals surface area contributed by atoms with Crippen molar-refractivity contribution in [1.29, 1.82) is 0 Å². The molecule has 0 radical (unpaired) electrons. The first-order valence-electron chi connectivity index (χ1n) is 7.13. The zero-order chi connectivity index (χ0) is 17.9. The highest BCUT2D eigenvalue weighted by atomic mass is 19.4. The maximum absolute atomic E-state index is 13.2. The molecule has 1 atom stereocenters. The average Bonchev–Trinajstić information content (AvgIpc) is 2.50. The summed E-state index contributed by atoms with van der Waals surface area (Å²) in [5.41, 5.74) is -0.602. The standard InChI is InChI=1S/C17H15F5O2/c1-10-2-4-14(23)6-11(17(20,21)22)3-5-16(10)24-15-8-12(18)7-13(19)9-15/h3,5,7-9,14,23H,1-2,4,6H2/b11-3+,16-5+/t14-/m1/s1. The maximum Gasteiger partial charge on any atom is 0.412 e. The van der Waals surface area contributed by atoms with Crippen molar-refractivity contribution in [2.45, 2.75) is 31.5 Å². The van der Waals surface area contributed by atoms with Crippen LogP contribution in [-0.4, -0.2) is 17.4 Å². The minimum atomic E-state index is -4.60. The van der Waals surface area contributed by atoms with E-state index in [9.17, 15) is 27.1 Å². The van der Waals surface area contributed by atoms with Gasteiger partial charge >= 0.3 is 6.18 Å². The minimum Gasteiger partial charge on any atom is -0.457 e. The lowest BCUT2D eigenvalue weighted by atomic mass is 10.0. The smallest absolute Gasteiger partial charge is 0.412 e. The quantitative estimate of drug-likeness (QED) is 0.778. The van der Waals surface area contributed by atoms with Crippen LogP contribution in [0.1, 0.15) is 19.3 Å². The average molecular weight is 346 g/mol. The molecule has 0 saturated carbocycles. The SMILES string of the molecule is C=C1CC[C@@H](O)C/C(C(F)(F)F)=C\C=C/1Oc1cc(F)cc(F)c1. The Hall–Kier alpha value is -2.15. The molecule has 0 aliphatic heterocycles. The van der Waals surface area contributed by atoms with Gasteiger partial charge in [0.05, 0.1) is 6.10 Å². The first-order chi connectivity index (χ1) is 11.1. The van der Waals surface area contributed by atoms with E-state index in [1.807, 2.05) is 0 Å². The van der Waals surface area contributed by atoms with E-state index in [-0.39, 0.29) is 24.4 Å². The summed E-state index contributed by atoms with van der Waals surface area (Å²) in [6.07, 6.45) is -4.24. The van der Waals surface area contributed by atoms with Gasteiger partial charge in [-0.2, -0.15) is 13.2 Å². The molecule has 0 unspecified atom stereocenters. The third kappa shape index (κ3) is 4.92. The molecule has 2 nitrogen and oxygen atoms in total. The molecule has 24 heavy (non-hydrogen) atoms. The van der Waals surface area contributed by atoms with Gasteiger partial charge in [-0.3, -0.25) is 0 Å². The van der Waals surface area contributed by atoms with E-state index < -0.39 is 35.9 Å². The van der Waals surface area contributed by atoms with E-state index in [2.05, 4.69) is 6.58 Å². The molecule has 0 fully saturated rings. The molecule has 0 heterocycles. The van der Waals surface area contributed by atoms with Gasteiger partial charge in [0.1, 0.15) is 23.1 Å². The molecule has 7 heteroatoms. The molecule has 1 N–H and O–H groups in total. The summed E-state index contributed by atoms with van der Waals surface area (Å²) in [4.78, 5) is 0. The molecule has 0 aromatic heterocycles. The van der Waals surface area contributed by atoms with Crippen LogP contribution >= 0.6 is 0 Å². The fourth-order valence-corrected chi connectivity index (χ4v) is 2.21. The first kappa shape index (κ1) is 18.2. The van der Waals surface area contributed by atoms with Crippen LogP contribution in [-0.2, 0) is 0 Å². The van der Waals surface area contributed by atoms with Crippen LogP contribution in [0.5, 0.6) is 5.75 Å². The molecule has 1 aromatic carbocycles. The molecule has 1 aliphatic rings. The number of alkyl halides is 3.